The molecule has 1 rings (SSSR count). The van der Waals surface area contributed by atoms with E-state index in [0.29, 0.717) is 0 Å². The Balaban J connectivity index is 0.000000810. The second-order valence-electron chi connectivity index (χ2n) is 1.75. The number of carboxylic acids is 1. The Morgan fingerprint density at radius 3 is 2.20 bits per heavy atom. The molecular formula is C5H7NaO2S2. The zero-order chi connectivity index (χ0) is 6.69. The molecule has 0 N–H and O–H groups in total. The van der Waals surface area contributed by atoms with Gasteiger partial charge in [0.05, 0.1) is 10.6 Å². The molecule has 1 heterocycles. The summed E-state index contributed by atoms with van der Waals surface area (Å²) in [4.78, 5) is 10.2. The quantitative estimate of drug-likeness (QED) is 0.408. The minimum absolute atomic E-state index is 0. The number of carboxylic acid groups (broad SMARTS) is 1. The summed E-state index contributed by atoms with van der Waals surface area (Å²) >= 11 is 2.94. The number of aliphatic carboxylic acids is 1. The van der Waals surface area contributed by atoms with Crippen LogP contribution in [0.2, 0.25) is 0 Å². The Labute approximate surface area is 90.8 Å². The summed E-state index contributed by atoms with van der Waals surface area (Å²) in [5.74, 6) is 1.00. The van der Waals surface area contributed by atoms with Crippen molar-refractivity contribution < 1.29 is 39.5 Å². The van der Waals surface area contributed by atoms with Crippen molar-refractivity contribution in [2.24, 2.45) is 0 Å². The molecule has 2 nitrogen and oxygen atoms in total. The van der Waals surface area contributed by atoms with Crippen LogP contribution < -0.4 is 34.7 Å². The summed E-state index contributed by atoms with van der Waals surface area (Å²) in [6, 6.07) is 0. The van der Waals surface area contributed by atoms with Crippen LogP contribution in [0.5, 0.6) is 0 Å². The van der Waals surface area contributed by atoms with E-state index in [9.17, 15) is 9.90 Å². The van der Waals surface area contributed by atoms with Gasteiger partial charge in [0.2, 0.25) is 0 Å². The number of hydrogen-bond donors (Lipinski definition) is 0. The van der Waals surface area contributed by atoms with Crippen LogP contribution in [0.25, 0.3) is 0 Å². The molecule has 0 unspecified atom stereocenters. The maximum atomic E-state index is 10.2. The van der Waals surface area contributed by atoms with E-state index in [1.165, 1.54) is 23.5 Å². The number of carbonyl (C=O) groups excluding carboxylic acids is 1. The van der Waals surface area contributed by atoms with E-state index in [-0.39, 0.29) is 34.1 Å². The van der Waals surface area contributed by atoms with Gasteiger partial charge in [0.1, 0.15) is 0 Å². The summed E-state index contributed by atoms with van der Waals surface area (Å²) in [5, 5.41) is 10.2. The SMILES string of the molecule is O=C([O-])C1SCCCS1.[Na+]. The summed E-state index contributed by atoms with van der Waals surface area (Å²) in [6.45, 7) is 0. The van der Waals surface area contributed by atoms with Gasteiger partial charge < -0.3 is 9.90 Å². The summed E-state index contributed by atoms with van der Waals surface area (Å²) in [7, 11) is 0. The number of thioether (sulfide) groups is 2. The molecule has 0 aromatic rings. The first-order valence-electron chi connectivity index (χ1n) is 2.75. The van der Waals surface area contributed by atoms with Crippen LogP contribution in [-0.4, -0.2) is 22.1 Å². The topological polar surface area (TPSA) is 40.1 Å². The fourth-order valence-electron chi connectivity index (χ4n) is 0.624. The molecule has 0 aromatic carbocycles. The van der Waals surface area contributed by atoms with Gasteiger partial charge in [0.15, 0.2) is 0 Å². The van der Waals surface area contributed by atoms with Crippen LogP contribution in [0.15, 0.2) is 0 Å². The minimum Gasteiger partial charge on any atom is -0.548 e. The van der Waals surface area contributed by atoms with Crippen molar-refractivity contribution in [3.63, 3.8) is 0 Å². The molecular weight excluding hydrogens is 179 g/mol. The second kappa shape index (κ2) is 5.77. The first-order chi connectivity index (χ1) is 4.30. The van der Waals surface area contributed by atoms with Crippen LogP contribution in [0.3, 0.4) is 0 Å². The fraction of sp³-hybridized carbons (Fsp3) is 0.800. The second-order valence-corrected chi connectivity index (χ2v) is 4.47. The van der Waals surface area contributed by atoms with E-state index >= 15 is 0 Å². The van der Waals surface area contributed by atoms with Gasteiger partial charge in [-0.2, -0.15) is 0 Å². The molecule has 10 heavy (non-hydrogen) atoms. The van der Waals surface area contributed by atoms with Crippen molar-refractivity contribution in [3.8, 4) is 0 Å². The van der Waals surface area contributed by atoms with E-state index in [1.54, 1.807) is 0 Å². The first kappa shape index (κ1) is 11.2. The molecule has 0 atom stereocenters. The number of rotatable bonds is 1. The molecule has 1 saturated heterocycles. The molecule has 1 fully saturated rings. The van der Waals surface area contributed by atoms with Gasteiger partial charge in [-0.15, -0.1) is 23.5 Å². The molecule has 0 spiro atoms. The molecule has 0 saturated carbocycles. The van der Waals surface area contributed by atoms with Crippen LogP contribution in [-0.2, 0) is 4.79 Å². The maximum absolute atomic E-state index is 10.2. The molecule has 52 valence electrons. The van der Waals surface area contributed by atoms with Gasteiger partial charge in [0.25, 0.3) is 0 Å². The Kier molecular flexibility index (Phi) is 6.45. The van der Waals surface area contributed by atoms with Gasteiger partial charge in [0, 0.05) is 0 Å². The third kappa shape index (κ3) is 3.53. The number of carbonyl (C=O) groups is 1. The molecule has 0 aliphatic carbocycles. The average Bonchev–Trinajstić information content (AvgIpc) is 1.90. The minimum atomic E-state index is -0.926. The fourth-order valence-corrected chi connectivity index (χ4v) is 3.09. The molecule has 0 bridgehead atoms. The zero-order valence-corrected chi connectivity index (χ0v) is 9.46. The van der Waals surface area contributed by atoms with E-state index < -0.39 is 5.97 Å². The normalized spacial score (nSPS) is 19.6. The van der Waals surface area contributed by atoms with E-state index in [4.69, 9.17) is 0 Å². The predicted molar refractivity (Wildman–Crippen MR) is 38.3 cm³/mol. The van der Waals surface area contributed by atoms with Crippen molar-refractivity contribution in [3.05, 3.63) is 0 Å². The Morgan fingerprint density at radius 2 is 1.90 bits per heavy atom. The summed E-state index contributed by atoms with van der Waals surface area (Å²) < 4.78 is -0.307. The smallest absolute Gasteiger partial charge is 0.548 e. The molecule has 1 aliphatic rings. The van der Waals surface area contributed by atoms with Crippen LogP contribution >= 0.6 is 23.5 Å². The molecule has 0 radical (unpaired) electrons. The van der Waals surface area contributed by atoms with E-state index in [1.807, 2.05) is 0 Å². The monoisotopic (exact) mass is 186 g/mol. The van der Waals surface area contributed by atoms with Crippen molar-refractivity contribution in [1.82, 2.24) is 0 Å². The Morgan fingerprint density at radius 1 is 1.40 bits per heavy atom. The van der Waals surface area contributed by atoms with Gasteiger partial charge in [-0.05, 0) is 17.9 Å². The van der Waals surface area contributed by atoms with Crippen molar-refractivity contribution in [2.75, 3.05) is 11.5 Å². The Hall–Kier alpha value is 1.17. The van der Waals surface area contributed by atoms with Gasteiger partial charge in [-0.3, -0.25) is 0 Å². The molecule has 1 aliphatic heterocycles. The summed E-state index contributed by atoms with van der Waals surface area (Å²) in [6.07, 6.45) is 1.12. The molecule has 5 heteroatoms. The molecule has 0 amide bonds. The van der Waals surface area contributed by atoms with E-state index in [2.05, 4.69) is 0 Å². The standard InChI is InChI=1S/C5H8O2S2.Na/c6-4(7)5-8-2-1-3-9-5;/h5H,1-3H2,(H,6,7);/q;+1/p-1. The number of hydrogen-bond acceptors (Lipinski definition) is 4. The van der Waals surface area contributed by atoms with E-state index in [0.717, 1.165) is 17.9 Å². The average molecular weight is 186 g/mol. The van der Waals surface area contributed by atoms with Crippen molar-refractivity contribution in [1.29, 1.82) is 0 Å². The predicted octanol–water partition coefficient (Wildman–Crippen LogP) is -3.06. The maximum Gasteiger partial charge on any atom is 1.00 e. The first-order valence-corrected chi connectivity index (χ1v) is 4.84. The zero-order valence-electron chi connectivity index (χ0n) is 5.83. The third-order valence-electron chi connectivity index (χ3n) is 1.02. The Bertz CT molecular complexity index is 114. The third-order valence-corrected chi connectivity index (χ3v) is 3.88. The largest absolute Gasteiger partial charge is 1.00 e. The van der Waals surface area contributed by atoms with Gasteiger partial charge in [-0.25, -0.2) is 0 Å². The van der Waals surface area contributed by atoms with Gasteiger partial charge >= 0.3 is 29.6 Å². The van der Waals surface area contributed by atoms with Crippen LogP contribution in [0.1, 0.15) is 6.42 Å². The van der Waals surface area contributed by atoms with Crippen molar-refractivity contribution >= 4 is 29.5 Å². The van der Waals surface area contributed by atoms with Crippen molar-refractivity contribution in [2.45, 2.75) is 11.0 Å². The van der Waals surface area contributed by atoms with Crippen LogP contribution in [0.4, 0.5) is 0 Å². The van der Waals surface area contributed by atoms with Gasteiger partial charge in [-0.1, -0.05) is 0 Å². The van der Waals surface area contributed by atoms with Crippen LogP contribution in [0, 0.1) is 0 Å². The summed E-state index contributed by atoms with van der Waals surface area (Å²) in [5.41, 5.74) is 0. The molecule has 0 aromatic heterocycles.